The predicted molar refractivity (Wildman–Crippen MR) is 101 cm³/mol. The van der Waals surface area contributed by atoms with Crippen LogP contribution in [-0.4, -0.2) is 24.3 Å². The monoisotopic (exact) mass is 419 g/mol. The highest BCUT2D eigenvalue weighted by molar-refractivity contribution is 6.33. The maximum Gasteiger partial charge on any atom is 0.417 e. The third-order valence-corrected chi connectivity index (χ3v) is 4.71. The Morgan fingerprint density at radius 1 is 0.966 bits per heavy atom. The molecular formula is C19H13ClF3N5O. The number of alkyl halides is 3. The van der Waals surface area contributed by atoms with Crippen molar-refractivity contribution in [1.82, 2.24) is 24.3 Å². The second-order valence-electron chi connectivity index (χ2n) is 6.40. The van der Waals surface area contributed by atoms with Crippen LogP contribution in [0.25, 0.3) is 11.0 Å². The molecule has 0 radical (unpaired) electrons. The number of nitrogens with zero attached hydrogens (tertiary/aromatic N) is 5. The van der Waals surface area contributed by atoms with Crippen LogP contribution in [0.2, 0.25) is 5.15 Å². The molecule has 0 fully saturated rings. The molecule has 0 atom stereocenters. The van der Waals surface area contributed by atoms with E-state index in [4.69, 9.17) is 11.6 Å². The molecule has 0 N–H and O–H groups in total. The van der Waals surface area contributed by atoms with E-state index in [1.165, 1.54) is 6.33 Å². The van der Waals surface area contributed by atoms with Crippen molar-refractivity contribution in [3.05, 3.63) is 87.3 Å². The summed E-state index contributed by atoms with van der Waals surface area (Å²) < 4.78 is 41.3. The van der Waals surface area contributed by atoms with Crippen LogP contribution in [0.5, 0.6) is 0 Å². The highest BCUT2D eigenvalue weighted by Gasteiger charge is 2.31. The van der Waals surface area contributed by atoms with E-state index in [-0.39, 0.29) is 6.54 Å². The lowest BCUT2D eigenvalue weighted by Crippen LogP contribution is -2.21. The van der Waals surface area contributed by atoms with Gasteiger partial charge >= 0.3 is 6.18 Å². The molecule has 0 aliphatic carbocycles. The minimum atomic E-state index is -4.50. The third-order valence-electron chi connectivity index (χ3n) is 4.40. The summed E-state index contributed by atoms with van der Waals surface area (Å²) in [4.78, 5) is 20.0. The van der Waals surface area contributed by atoms with E-state index in [9.17, 15) is 18.0 Å². The zero-order valence-corrected chi connectivity index (χ0v) is 15.5. The first-order valence-electron chi connectivity index (χ1n) is 8.49. The van der Waals surface area contributed by atoms with Crippen LogP contribution in [0.15, 0.2) is 59.9 Å². The van der Waals surface area contributed by atoms with E-state index in [2.05, 4.69) is 15.1 Å². The summed E-state index contributed by atoms with van der Waals surface area (Å²) in [6.07, 6.45) is -0.724. The Kier molecular flexibility index (Phi) is 4.83. The molecule has 148 valence electrons. The van der Waals surface area contributed by atoms with Crippen molar-refractivity contribution < 1.29 is 13.2 Å². The molecule has 10 heteroatoms. The Bertz CT molecular complexity index is 1230. The molecule has 0 saturated carbocycles. The summed E-state index contributed by atoms with van der Waals surface area (Å²) in [7, 11) is 0. The van der Waals surface area contributed by atoms with Crippen molar-refractivity contribution in [3.63, 3.8) is 0 Å². The molecule has 0 aliphatic rings. The maximum absolute atomic E-state index is 12.9. The van der Waals surface area contributed by atoms with Crippen molar-refractivity contribution in [2.24, 2.45) is 0 Å². The molecule has 0 amide bonds. The van der Waals surface area contributed by atoms with Crippen molar-refractivity contribution in [2.45, 2.75) is 19.3 Å². The van der Waals surface area contributed by atoms with Crippen LogP contribution in [0.1, 0.15) is 16.7 Å². The number of rotatable bonds is 4. The summed E-state index contributed by atoms with van der Waals surface area (Å²) in [5, 5.41) is 5.23. The summed E-state index contributed by atoms with van der Waals surface area (Å²) in [5.74, 6) is 0. The van der Waals surface area contributed by atoms with Crippen molar-refractivity contribution in [3.8, 4) is 0 Å². The van der Waals surface area contributed by atoms with Gasteiger partial charge in [-0.1, -0.05) is 35.9 Å². The second-order valence-corrected chi connectivity index (χ2v) is 6.76. The van der Waals surface area contributed by atoms with Gasteiger partial charge < -0.3 is 4.57 Å². The highest BCUT2D eigenvalue weighted by atomic mass is 35.5. The molecule has 4 aromatic rings. The topological polar surface area (TPSA) is 65.6 Å². The second kappa shape index (κ2) is 7.32. The van der Waals surface area contributed by atoms with Crippen LogP contribution < -0.4 is 5.56 Å². The number of fused-ring (bicyclic) bond motifs is 1. The predicted octanol–water partition coefficient (Wildman–Crippen LogP) is 3.76. The molecule has 0 saturated heterocycles. The van der Waals surface area contributed by atoms with E-state index in [1.807, 2.05) is 12.1 Å². The molecule has 0 aliphatic heterocycles. The quantitative estimate of drug-likeness (QED) is 0.472. The zero-order chi connectivity index (χ0) is 20.6. The summed E-state index contributed by atoms with van der Waals surface area (Å²) in [6.45, 7) is 0.469. The Labute approximate surface area is 167 Å². The van der Waals surface area contributed by atoms with Gasteiger partial charge in [0.2, 0.25) is 0 Å². The molecule has 29 heavy (non-hydrogen) atoms. The maximum atomic E-state index is 12.9. The smallest absolute Gasteiger partial charge is 0.311 e. The molecule has 0 spiro atoms. The average Bonchev–Trinajstić information content (AvgIpc) is 3.08. The number of pyridine rings is 1. The molecule has 3 aromatic heterocycles. The lowest BCUT2D eigenvalue weighted by molar-refractivity contribution is -0.138. The lowest BCUT2D eigenvalue weighted by atomic mass is 10.1. The van der Waals surface area contributed by atoms with Gasteiger partial charge in [-0.3, -0.25) is 4.79 Å². The van der Waals surface area contributed by atoms with Gasteiger partial charge in [0.15, 0.2) is 5.65 Å². The number of aromatic nitrogens is 5. The number of benzene rings is 1. The largest absolute Gasteiger partial charge is 0.417 e. The standard InChI is InChI=1S/C19H13ClF3N5O/c20-17-15-7-26-28(18(15)25-11-24-17)9-13-3-1-12(2-4-13)8-27-10-14(19(21,22)23)5-6-16(27)29/h1-7,10-11H,8-9H2. The summed E-state index contributed by atoms with van der Waals surface area (Å²) in [6, 6.07) is 8.87. The van der Waals surface area contributed by atoms with E-state index in [1.54, 1.807) is 23.0 Å². The first-order valence-corrected chi connectivity index (χ1v) is 8.86. The van der Waals surface area contributed by atoms with E-state index < -0.39 is 17.3 Å². The van der Waals surface area contributed by atoms with Crippen molar-refractivity contribution in [2.75, 3.05) is 0 Å². The normalized spacial score (nSPS) is 11.9. The van der Waals surface area contributed by atoms with Gasteiger partial charge in [0.25, 0.3) is 5.56 Å². The highest BCUT2D eigenvalue weighted by Crippen LogP contribution is 2.28. The molecule has 6 nitrogen and oxygen atoms in total. The summed E-state index contributed by atoms with van der Waals surface area (Å²) in [5.41, 5.74) is 0.849. The van der Waals surface area contributed by atoms with Crippen molar-refractivity contribution in [1.29, 1.82) is 0 Å². The fourth-order valence-corrected chi connectivity index (χ4v) is 3.10. The minimum absolute atomic E-state index is 0.0383. The number of hydrogen-bond acceptors (Lipinski definition) is 4. The third kappa shape index (κ3) is 4.00. The van der Waals surface area contributed by atoms with E-state index >= 15 is 0 Å². The number of hydrogen-bond donors (Lipinski definition) is 0. The zero-order valence-electron chi connectivity index (χ0n) is 14.8. The lowest BCUT2D eigenvalue weighted by Gasteiger charge is -2.11. The fraction of sp³-hybridized carbons (Fsp3) is 0.158. The first-order chi connectivity index (χ1) is 13.8. The van der Waals surface area contributed by atoms with Crippen molar-refractivity contribution >= 4 is 22.6 Å². The fourth-order valence-electron chi connectivity index (χ4n) is 2.92. The molecular weight excluding hydrogens is 407 g/mol. The molecule has 4 rings (SSSR count). The SMILES string of the molecule is O=c1ccc(C(F)(F)F)cn1Cc1ccc(Cn2ncc3c(Cl)ncnc32)cc1. The molecule has 3 heterocycles. The molecule has 1 aromatic carbocycles. The Morgan fingerprint density at radius 2 is 1.66 bits per heavy atom. The van der Waals surface area contributed by atoms with E-state index in [0.29, 0.717) is 28.3 Å². The van der Waals surface area contributed by atoms with Gasteiger partial charge in [0.05, 0.1) is 30.2 Å². The van der Waals surface area contributed by atoms with Gasteiger partial charge in [-0.05, 0) is 17.2 Å². The van der Waals surface area contributed by atoms with Crippen LogP contribution in [0, 0.1) is 0 Å². The van der Waals surface area contributed by atoms with Gasteiger partial charge in [0.1, 0.15) is 11.5 Å². The Balaban J connectivity index is 1.54. The van der Waals surface area contributed by atoms with Crippen LogP contribution in [0.4, 0.5) is 13.2 Å². The van der Waals surface area contributed by atoms with Gasteiger partial charge in [0, 0.05) is 12.3 Å². The van der Waals surface area contributed by atoms with Crippen LogP contribution in [-0.2, 0) is 19.3 Å². The Hall–Kier alpha value is -3.20. The summed E-state index contributed by atoms with van der Waals surface area (Å²) >= 11 is 6.02. The van der Waals surface area contributed by atoms with Gasteiger partial charge in [-0.25, -0.2) is 14.6 Å². The number of halogens is 4. The first kappa shape index (κ1) is 19.1. The van der Waals surface area contributed by atoms with Gasteiger partial charge in [-0.15, -0.1) is 0 Å². The molecule has 0 unspecified atom stereocenters. The van der Waals surface area contributed by atoms with E-state index in [0.717, 1.165) is 28.5 Å². The van der Waals surface area contributed by atoms with Crippen LogP contribution in [0.3, 0.4) is 0 Å². The minimum Gasteiger partial charge on any atom is -0.311 e. The molecule has 0 bridgehead atoms. The average molecular weight is 420 g/mol. The van der Waals surface area contributed by atoms with Gasteiger partial charge in [-0.2, -0.15) is 18.3 Å². The Morgan fingerprint density at radius 3 is 2.34 bits per heavy atom. The van der Waals surface area contributed by atoms with Crippen LogP contribution >= 0.6 is 11.6 Å².